The van der Waals surface area contributed by atoms with Gasteiger partial charge in [-0.1, -0.05) is 165 Å². The van der Waals surface area contributed by atoms with E-state index in [1.165, 1.54) is 38.5 Å². The van der Waals surface area contributed by atoms with Crippen molar-refractivity contribution in [3.05, 3.63) is 0 Å². The van der Waals surface area contributed by atoms with Crippen molar-refractivity contribution in [1.29, 1.82) is 0 Å². The summed E-state index contributed by atoms with van der Waals surface area (Å²) >= 11 is 0. The van der Waals surface area contributed by atoms with Crippen molar-refractivity contribution < 1.29 is 18.3 Å². The monoisotopic (exact) mass is 899 g/mol. The van der Waals surface area contributed by atoms with E-state index in [0.717, 1.165) is 69.5 Å². The molecule has 4 atom stereocenters. The van der Waals surface area contributed by atoms with Crippen LogP contribution >= 0.6 is 0 Å². The van der Waals surface area contributed by atoms with E-state index in [4.69, 9.17) is 9.47 Å². The van der Waals surface area contributed by atoms with Crippen molar-refractivity contribution in [3.63, 3.8) is 0 Å². The van der Waals surface area contributed by atoms with Gasteiger partial charge in [-0.3, -0.25) is 0 Å². The molecule has 0 bridgehead atoms. The lowest BCUT2D eigenvalue weighted by Crippen LogP contribution is -2.31. The number of alkyl halides is 2. The molecule has 4 saturated carbocycles. The van der Waals surface area contributed by atoms with Crippen LogP contribution in [-0.2, 0) is 9.47 Å². The quantitative estimate of drug-likeness (QED) is 0.275. The molecule has 4 aliphatic rings. The molecule has 0 spiro atoms. The second kappa shape index (κ2) is 24.4. The van der Waals surface area contributed by atoms with E-state index in [0.29, 0.717) is 38.9 Å². The first-order chi connectivity index (χ1) is 27.4. The first-order valence-corrected chi connectivity index (χ1v) is 26.0. The van der Waals surface area contributed by atoms with Crippen molar-refractivity contribution in [2.75, 3.05) is 13.2 Å². The Balaban J connectivity index is 0. The highest BCUT2D eigenvalue weighted by Gasteiger charge is 2.67. The van der Waals surface area contributed by atoms with Crippen LogP contribution in [0.2, 0.25) is 0 Å². The van der Waals surface area contributed by atoms with Gasteiger partial charge in [-0.05, 0) is 181 Å². The topological polar surface area (TPSA) is 18.5 Å². The van der Waals surface area contributed by atoms with Gasteiger partial charge in [-0.15, -0.1) is 0 Å². The summed E-state index contributed by atoms with van der Waals surface area (Å²) in [4.78, 5) is 0. The van der Waals surface area contributed by atoms with Crippen LogP contribution in [0.1, 0.15) is 278 Å². The number of rotatable bonds is 2. The Kier molecular flexibility index (Phi) is 25.1. The maximum atomic E-state index is 13.5. The van der Waals surface area contributed by atoms with Crippen LogP contribution in [-0.4, -0.2) is 35.8 Å². The van der Waals surface area contributed by atoms with Gasteiger partial charge >= 0.3 is 0 Å². The van der Waals surface area contributed by atoms with Crippen LogP contribution in [0.25, 0.3) is 0 Å². The van der Waals surface area contributed by atoms with Crippen molar-refractivity contribution in [3.8, 4) is 0 Å². The standard InChI is InChI=1S/C11H19F.C11H21F.C10H20.2C9H20O.C9H20/c1-10(2,3)7-5-8-9(6-7)11(8,4)12;1-10(2,3)9-5-7-11(4,12)8-6-9;1-10(2,3)9-7-5-4-6-8-9;2*1-8(2,3)7-10-9(4,5)6;1-8(2,3)7-9(4,5)6/h7-9H,5-6H2,1-4H3;9H,5-8H2,1-4H3;9H,4-8H2,1-3H3;2*7H2,1-6H3;7H2,1-6H3/t7?,8-,9+,11?;;;;;. The van der Waals surface area contributed by atoms with Gasteiger partial charge in [0, 0.05) is 0 Å². The Bertz CT molecular complexity index is 1100. The summed E-state index contributed by atoms with van der Waals surface area (Å²) in [7, 11) is 0. The van der Waals surface area contributed by atoms with Gasteiger partial charge in [-0.2, -0.15) is 0 Å². The summed E-state index contributed by atoms with van der Waals surface area (Å²) < 4.78 is 38.1. The Morgan fingerprint density at radius 3 is 0.873 bits per heavy atom. The molecular formula is C59H120F2O2. The van der Waals surface area contributed by atoms with Crippen LogP contribution in [0.15, 0.2) is 0 Å². The van der Waals surface area contributed by atoms with Gasteiger partial charge in [0.25, 0.3) is 0 Å². The van der Waals surface area contributed by atoms with Crippen molar-refractivity contribution in [2.45, 2.75) is 300 Å². The van der Waals surface area contributed by atoms with Crippen LogP contribution in [0.4, 0.5) is 8.78 Å². The van der Waals surface area contributed by atoms with Crippen molar-refractivity contribution >= 4 is 0 Å². The predicted molar refractivity (Wildman–Crippen MR) is 279 cm³/mol. The third-order valence-corrected chi connectivity index (χ3v) is 13.1. The van der Waals surface area contributed by atoms with E-state index in [9.17, 15) is 8.78 Å². The summed E-state index contributed by atoms with van der Waals surface area (Å²) in [6.07, 6.45) is 14.6. The first-order valence-electron chi connectivity index (χ1n) is 26.0. The van der Waals surface area contributed by atoms with Crippen molar-refractivity contribution in [2.24, 2.45) is 67.5 Å². The van der Waals surface area contributed by atoms with E-state index in [1.807, 2.05) is 0 Å². The molecule has 0 aromatic carbocycles. The summed E-state index contributed by atoms with van der Waals surface area (Å²) in [5.41, 5.74) is 1.22. The number of halogens is 2. The van der Waals surface area contributed by atoms with Crippen LogP contribution < -0.4 is 0 Å². The molecule has 2 unspecified atom stereocenters. The molecule has 4 rings (SSSR count). The lowest BCUT2D eigenvalue weighted by molar-refractivity contribution is -0.0384. The molecule has 0 amide bonds. The minimum Gasteiger partial charge on any atom is -0.375 e. The molecule has 0 heterocycles. The van der Waals surface area contributed by atoms with Gasteiger partial charge in [0.2, 0.25) is 0 Å². The predicted octanol–water partition coefficient (Wildman–Crippen LogP) is 20.1. The van der Waals surface area contributed by atoms with Crippen LogP contribution in [0, 0.1) is 67.5 Å². The largest absolute Gasteiger partial charge is 0.375 e. The van der Waals surface area contributed by atoms with Gasteiger partial charge in [0.1, 0.15) is 11.3 Å². The molecular weight excluding hydrogens is 779 g/mol. The number of hydrogen-bond donors (Lipinski definition) is 0. The molecule has 63 heavy (non-hydrogen) atoms. The highest BCUT2D eigenvalue weighted by molar-refractivity contribution is 5.15. The van der Waals surface area contributed by atoms with Gasteiger partial charge in [0.05, 0.1) is 24.4 Å². The SMILES string of the molecule is CC(C)(C)C1CCCCC1.CC(C)(C)C1C[C@@H]2[C@H](C1)C2(C)F.CC(C)(C)CC(C)(C)C.CC(C)(C)COC(C)(C)C.CC(C)(C)COC(C)(C)C.CC1(F)CCC(C(C)(C)C)CC1. The Morgan fingerprint density at radius 1 is 0.397 bits per heavy atom. The molecule has 4 heteroatoms. The summed E-state index contributed by atoms with van der Waals surface area (Å²) in [6.45, 7) is 65.2. The third-order valence-electron chi connectivity index (χ3n) is 13.1. The summed E-state index contributed by atoms with van der Waals surface area (Å²) in [6, 6.07) is 0. The molecule has 4 fully saturated rings. The lowest BCUT2D eigenvalue weighted by atomic mass is 9.69. The fourth-order valence-corrected chi connectivity index (χ4v) is 9.38. The molecule has 0 aromatic heterocycles. The molecule has 0 aliphatic heterocycles. The minimum atomic E-state index is -0.873. The molecule has 2 nitrogen and oxygen atoms in total. The van der Waals surface area contributed by atoms with E-state index >= 15 is 0 Å². The highest BCUT2D eigenvalue weighted by Crippen LogP contribution is 2.66. The summed E-state index contributed by atoms with van der Waals surface area (Å²) in [5.74, 6) is 3.29. The van der Waals surface area contributed by atoms with E-state index in [2.05, 4.69) is 187 Å². The highest BCUT2D eigenvalue weighted by atomic mass is 19.1. The fourth-order valence-electron chi connectivity index (χ4n) is 9.38. The average Bonchev–Trinajstić information content (AvgIpc) is 3.31. The minimum absolute atomic E-state index is 0.00722. The summed E-state index contributed by atoms with van der Waals surface area (Å²) in [5, 5.41) is 0. The molecule has 0 radical (unpaired) electrons. The zero-order valence-corrected chi connectivity index (χ0v) is 48.9. The van der Waals surface area contributed by atoms with E-state index < -0.39 is 11.3 Å². The number of ether oxygens (including phenoxy) is 2. The lowest BCUT2D eigenvalue weighted by Gasteiger charge is -2.38. The molecule has 382 valence electrons. The van der Waals surface area contributed by atoms with Crippen LogP contribution in [0.5, 0.6) is 0 Å². The number of fused-ring (bicyclic) bond motifs is 1. The zero-order chi connectivity index (χ0) is 50.7. The molecule has 0 aromatic rings. The average molecular weight is 900 g/mol. The smallest absolute Gasteiger partial charge is 0.114 e. The molecule has 0 N–H and O–H groups in total. The van der Waals surface area contributed by atoms with Gasteiger partial charge < -0.3 is 9.47 Å². The Morgan fingerprint density at radius 2 is 0.683 bits per heavy atom. The van der Waals surface area contributed by atoms with E-state index in [1.54, 1.807) is 13.8 Å². The second-order valence-corrected chi connectivity index (χ2v) is 31.4. The maximum absolute atomic E-state index is 13.5. The van der Waals surface area contributed by atoms with Gasteiger partial charge in [-0.25, -0.2) is 8.78 Å². The second-order valence-electron chi connectivity index (χ2n) is 31.4. The Labute approximate surface area is 397 Å². The van der Waals surface area contributed by atoms with E-state index in [-0.39, 0.29) is 22.0 Å². The van der Waals surface area contributed by atoms with Gasteiger partial charge in [0.15, 0.2) is 0 Å². The maximum Gasteiger partial charge on any atom is 0.114 e. The molecule has 4 aliphatic carbocycles. The van der Waals surface area contributed by atoms with Crippen LogP contribution in [0.3, 0.4) is 0 Å². The number of hydrogen-bond acceptors (Lipinski definition) is 2. The van der Waals surface area contributed by atoms with Crippen molar-refractivity contribution in [1.82, 2.24) is 0 Å². The first kappa shape index (κ1) is 64.9. The normalized spacial score (nSPS) is 27.3. The Hall–Kier alpha value is -0.220. The fraction of sp³-hybridized carbons (Fsp3) is 1.00. The zero-order valence-electron chi connectivity index (χ0n) is 48.9. The third kappa shape index (κ3) is 34.7. The molecule has 0 saturated heterocycles.